The Bertz CT molecular complexity index is 775. The molecule has 0 radical (unpaired) electrons. The molecule has 4 fully saturated rings. The van der Waals surface area contributed by atoms with Gasteiger partial charge < -0.3 is 9.84 Å². The average Bonchev–Trinajstić information content (AvgIpc) is 3.29. The second-order valence-corrected chi connectivity index (χ2v) is 11.3. The van der Waals surface area contributed by atoms with E-state index in [0.717, 1.165) is 32.3 Å². The summed E-state index contributed by atoms with van der Waals surface area (Å²) in [6.45, 7) is 7.88. The molecule has 1 aromatic rings. The molecule has 0 spiro atoms. The highest BCUT2D eigenvalue weighted by Crippen LogP contribution is 2.65. The molecule has 5 nitrogen and oxygen atoms in total. The lowest BCUT2D eigenvalue weighted by molar-refractivity contribution is -0.147. The topological polar surface area (TPSA) is 64.3 Å². The first-order valence-electron chi connectivity index (χ1n) is 11.6. The zero-order valence-electron chi connectivity index (χ0n) is 18.1. The number of fused-ring (bicyclic) bond motifs is 5. The summed E-state index contributed by atoms with van der Waals surface area (Å²) in [7, 11) is 0. The molecule has 160 valence electrons. The number of nitrogens with zero attached hydrogens (tertiary/aromatic N) is 2. The number of carbonyl (C=O) groups is 1. The van der Waals surface area contributed by atoms with Gasteiger partial charge in [-0.3, -0.25) is 9.48 Å². The molecule has 1 N–H and O–H groups in total. The molecule has 3 saturated carbocycles. The number of hydrogen-bond donors (Lipinski definition) is 1. The van der Waals surface area contributed by atoms with Gasteiger partial charge in [0, 0.05) is 17.8 Å². The quantitative estimate of drug-likeness (QED) is 0.837. The maximum Gasteiger partial charge on any atom is 0.183 e. The molecule has 0 bridgehead atoms. The van der Waals surface area contributed by atoms with Crippen molar-refractivity contribution in [2.75, 3.05) is 6.61 Å². The zero-order chi connectivity index (χ0) is 20.4. The number of hydrogen-bond acceptors (Lipinski definition) is 4. The van der Waals surface area contributed by atoms with Crippen LogP contribution >= 0.6 is 0 Å². The van der Waals surface area contributed by atoms with Gasteiger partial charge in [-0.15, -0.1) is 0 Å². The third kappa shape index (κ3) is 3.03. The Morgan fingerprint density at radius 2 is 1.97 bits per heavy atom. The largest absolute Gasteiger partial charge is 0.390 e. The van der Waals surface area contributed by atoms with E-state index >= 15 is 0 Å². The predicted molar refractivity (Wildman–Crippen MR) is 110 cm³/mol. The number of aliphatic hydroxyl groups is 1. The van der Waals surface area contributed by atoms with E-state index in [9.17, 15) is 9.90 Å². The summed E-state index contributed by atoms with van der Waals surface area (Å²) in [5.74, 6) is 2.65. The number of ether oxygens (including phenoxy) is 1. The molecule has 1 saturated heterocycles. The van der Waals surface area contributed by atoms with E-state index in [4.69, 9.17) is 4.74 Å². The Morgan fingerprint density at radius 3 is 2.72 bits per heavy atom. The fraction of sp³-hybridized carbons (Fsp3) is 0.833. The summed E-state index contributed by atoms with van der Waals surface area (Å²) in [6, 6.07) is 1.86. The summed E-state index contributed by atoms with van der Waals surface area (Å²) in [5, 5.41) is 14.9. The fourth-order valence-corrected chi connectivity index (χ4v) is 7.91. The van der Waals surface area contributed by atoms with Crippen molar-refractivity contribution in [2.45, 2.75) is 84.0 Å². The summed E-state index contributed by atoms with van der Waals surface area (Å²) in [5.41, 5.74) is -0.195. The van der Waals surface area contributed by atoms with E-state index in [0.29, 0.717) is 35.6 Å². The van der Waals surface area contributed by atoms with Gasteiger partial charge in [-0.2, -0.15) is 5.10 Å². The van der Waals surface area contributed by atoms with Gasteiger partial charge in [0.05, 0.1) is 12.2 Å². The van der Waals surface area contributed by atoms with E-state index in [1.165, 1.54) is 19.3 Å². The number of carbonyl (C=O) groups excluding carboxylic acids is 1. The van der Waals surface area contributed by atoms with Crippen molar-refractivity contribution in [1.29, 1.82) is 0 Å². The monoisotopic (exact) mass is 400 g/mol. The van der Waals surface area contributed by atoms with E-state index in [1.54, 1.807) is 10.9 Å². The maximum atomic E-state index is 13.1. The highest BCUT2D eigenvalue weighted by atomic mass is 16.5. The van der Waals surface area contributed by atoms with Crippen molar-refractivity contribution in [3.63, 3.8) is 0 Å². The lowest BCUT2D eigenvalue weighted by Gasteiger charge is -2.61. The molecule has 0 amide bonds. The summed E-state index contributed by atoms with van der Waals surface area (Å²) in [6.07, 6.45) is 11.0. The van der Waals surface area contributed by atoms with Crippen LogP contribution < -0.4 is 0 Å². The van der Waals surface area contributed by atoms with E-state index < -0.39 is 5.60 Å². The first-order valence-corrected chi connectivity index (χ1v) is 11.6. The van der Waals surface area contributed by atoms with Crippen molar-refractivity contribution in [1.82, 2.24) is 9.78 Å². The molecule has 5 heteroatoms. The first-order chi connectivity index (χ1) is 13.7. The Kier molecular flexibility index (Phi) is 4.53. The summed E-state index contributed by atoms with van der Waals surface area (Å²) < 4.78 is 7.95. The van der Waals surface area contributed by atoms with Crippen molar-refractivity contribution in [3.8, 4) is 0 Å². The van der Waals surface area contributed by atoms with Crippen LogP contribution in [0.4, 0.5) is 0 Å². The maximum absolute atomic E-state index is 13.1. The van der Waals surface area contributed by atoms with Crippen molar-refractivity contribution in [2.24, 2.45) is 34.5 Å². The van der Waals surface area contributed by atoms with E-state index in [1.807, 2.05) is 19.2 Å². The van der Waals surface area contributed by atoms with Crippen LogP contribution in [0.15, 0.2) is 18.5 Å². The third-order valence-electron chi connectivity index (χ3n) is 9.60. The number of Topliss-reactive ketones (excluding diaryl/α,β-unsaturated/α-hetero) is 1. The van der Waals surface area contributed by atoms with Gasteiger partial charge in [0.15, 0.2) is 5.78 Å². The molecule has 1 aliphatic heterocycles. The van der Waals surface area contributed by atoms with Gasteiger partial charge >= 0.3 is 0 Å². The molecule has 5 rings (SSSR count). The van der Waals surface area contributed by atoms with Crippen molar-refractivity contribution in [3.05, 3.63) is 18.5 Å². The highest BCUT2D eigenvalue weighted by Gasteiger charge is 2.62. The minimum absolute atomic E-state index is 0.0469. The smallest absolute Gasteiger partial charge is 0.183 e. The van der Waals surface area contributed by atoms with Crippen LogP contribution in [-0.2, 0) is 16.1 Å². The molecule has 0 aromatic carbocycles. The molecule has 3 unspecified atom stereocenters. The molecule has 4 aliphatic rings. The molecular weight excluding hydrogens is 364 g/mol. The fourth-order valence-electron chi connectivity index (χ4n) is 7.91. The molecule has 3 aliphatic carbocycles. The van der Waals surface area contributed by atoms with Crippen molar-refractivity contribution < 1.29 is 14.6 Å². The first kappa shape index (κ1) is 19.7. The zero-order valence-corrected chi connectivity index (χ0v) is 18.1. The summed E-state index contributed by atoms with van der Waals surface area (Å²) >= 11 is 0. The van der Waals surface area contributed by atoms with E-state index in [2.05, 4.69) is 18.9 Å². The van der Waals surface area contributed by atoms with Crippen LogP contribution in [0.2, 0.25) is 0 Å². The third-order valence-corrected chi connectivity index (χ3v) is 9.60. The van der Waals surface area contributed by atoms with Crippen LogP contribution in [0, 0.1) is 34.5 Å². The van der Waals surface area contributed by atoms with Gasteiger partial charge in [-0.25, -0.2) is 0 Å². The standard InChI is InChI=1S/C24H36N2O3/c1-22(28)9-10-23(2)16(13-22)5-6-17-18(23)7-8-24(3)19(17)15-29-21(24)20(27)14-26-12-4-11-25-26/h4,11-12,16-19,21,28H,5-10,13-15H2,1-3H3/t16-,17?,18?,19?,21-,22-,23+,24+/m1/s1. The lowest BCUT2D eigenvalue weighted by atomic mass is 9.44. The van der Waals surface area contributed by atoms with Crippen LogP contribution in [0.1, 0.15) is 65.7 Å². The van der Waals surface area contributed by atoms with Gasteiger partial charge in [-0.1, -0.05) is 13.8 Å². The molecular formula is C24H36N2O3. The Hall–Kier alpha value is -1.20. The average molecular weight is 401 g/mol. The van der Waals surface area contributed by atoms with E-state index in [-0.39, 0.29) is 17.3 Å². The van der Waals surface area contributed by atoms with Crippen LogP contribution in [-0.4, -0.2) is 39.0 Å². The molecule has 8 atom stereocenters. The predicted octanol–water partition coefficient (Wildman–Crippen LogP) is 3.85. The van der Waals surface area contributed by atoms with Gasteiger partial charge in [-0.05, 0) is 87.0 Å². The van der Waals surface area contributed by atoms with Crippen LogP contribution in [0.5, 0.6) is 0 Å². The Morgan fingerprint density at radius 1 is 1.14 bits per heavy atom. The van der Waals surface area contributed by atoms with Crippen molar-refractivity contribution >= 4 is 5.78 Å². The molecule has 2 heterocycles. The SMILES string of the molecule is C[C@@]1(O)CC[C@]2(C)C3CC[C@@]4(C)C(CO[C@@H]4C(=O)Cn4cccn4)C3CC[C@@H]2C1. The normalized spacial score (nSPS) is 49.2. The Labute approximate surface area is 174 Å². The number of ketones is 1. The number of rotatable bonds is 3. The van der Waals surface area contributed by atoms with Gasteiger partial charge in [0.2, 0.25) is 0 Å². The lowest BCUT2D eigenvalue weighted by Crippen LogP contribution is -2.56. The highest BCUT2D eigenvalue weighted by molar-refractivity contribution is 5.84. The molecule has 29 heavy (non-hydrogen) atoms. The summed E-state index contributed by atoms with van der Waals surface area (Å²) in [4.78, 5) is 13.1. The van der Waals surface area contributed by atoms with Crippen LogP contribution in [0.3, 0.4) is 0 Å². The second-order valence-electron chi connectivity index (χ2n) is 11.3. The minimum atomic E-state index is -0.485. The van der Waals surface area contributed by atoms with Gasteiger partial charge in [0.1, 0.15) is 12.6 Å². The van der Waals surface area contributed by atoms with Gasteiger partial charge in [0.25, 0.3) is 0 Å². The van der Waals surface area contributed by atoms with Crippen LogP contribution in [0.25, 0.3) is 0 Å². The number of aromatic nitrogens is 2. The molecule has 1 aromatic heterocycles. The Balaban J connectivity index is 1.36. The second kappa shape index (κ2) is 6.65. The minimum Gasteiger partial charge on any atom is -0.390 e.